The Labute approximate surface area is 163 Å². The van der Waals surface area contributed by atoms with Crippen LogP contribution >= 0.6 is 0 Å². The largest absolute Gasteiger partial charge is 0.329 e. The van der Waals surface area contributed by atoms with Gasteiger partial charge in [0.05, 0.1) is 24.4 Å². The van der Waals surface area contributed by atoms with E-state index in [1.54, 1.807) is 10.7 Å². The zero-order valence-electron chi connectivity index (χ0n) is 18.3. The van der Waals surface area contributed by atoms with Gasteiger partial charge in [0.15, 0.2) is 11.3 Å². The quantitative estimate of drug-likeness (QED) is 0.589. The van der Waals surface area contributed by atoms with Crippen LogP contribution in [-0.2, 0) is 6.54 Å². The summed E-state index contributed by atoms with van der Waals surface area (Å²) in [6, 6.07) is 5.85. The Morgan fingerprint density at radius 2 is 1.63 bits per heavy atom. The number of rotatable bonds is 2. The molecule has 0 fully saturated rings. The van der Waals surface area contributed by atoms with Crippen LogP contribution < -0.4 is 0 Å². The van der Waals surface area contributed by atoms with Crippen LogP contribution in [0.25, 0.3) is 17.0 Å². The normalized spacial score (nSPS) is 9.78. The molecule has 0 saturated heterocycles. The Hall–Kier alpha value is -2.68. The van der Waals surface area contributed by atoms with Gasteiger partial charge in [-0.05, 0) is 17.5 Å². The van der Waals surface area contributed by atoms with Crippen molar-refractivity contribution in [2.45, 2.75) is 68.9 Å². The van der Waals surface area contributed by atoms with Crippen LogP contribution in [0.1, 0.15) is 68.0 Å². The standard InChI is InChI=1S/C15H16N6.3C2H6/c1-15(2,3)9-20-10-17-8-13(20)12-4-5-14-18-7-11(6-16)21(14)19-12;3*1-2/h4-5,7-8,10H,9H2,1-3H3;3*1-2H3. The summed E-state index contributed by atoms with van der Waals surface area (Å²) in [5.74, 6) is 0. The van der Waals surface area contributed by atoms with Crippen LogP contribution in [0, 0.1) is 16.7 Å². The SMILES string of the molecule is CC.CC.CC.CC(C)(C)Cn1cncc1-c1ccc2ncc(C#N)n2n1. The second-order valence-electron chi connectivity index (χ2n) is 6.21. The number of nitrogens with zero attached hydrogens (tertiary/aromatic N) is 6. The lowest BCUT2D eigenvalue weighted by Crippen LogP contribution is -2.15. The van der Waals surface area contributed by atoms with Gasteiger partial charge in [0, 0.05) is 6.54 Å². The van der Waals surface area contributed by atoms with Crippen molar-refractivity contribution in [1.82, 2.24) is 24.1 Å². The average molecular weight is 371 g/mol. The molecule has 6 nitrogen and oxygen atoms in total. The maximum atomic E-state index is 9.09. The molecule has 0 aliphatic carbocycles. The van der Waals surface area contributed by atoms with Crippen LogP contribution in [0.15, 0.2) is 30.9 Å². The Kier molecular flexibility index (Phi) is 10.7. The van der Waals surface area contributed by atoms with E-state index >= 15 is 0 Å². The summed E-state index contributed by atoms with van der Waals surface area (Å²) in [5.41, 5.74) is 2.95. The maximum absolute atomic E-state index is 9.09. The van der Waals surface area contributed by atoms with E-state index in [2.05, 4.69) is 46.5 Å². The van der Waals surface area contributed by atoms with Crippen molar-refractivity contribution in [3.63, 3.8) is 0 Å². The van der Waals surface area contributed by atoms with Gasteiger partial charge in [0.2, 0.25) is 0 Å². The highest BCUT2D eigenvalue weighted by atomic mass is 15.3. The van der Waals surface area contributed by atoms with Gasteiger partial charge >= 0.3 is 0 Å². The monoisotopic (exact) mass is 370 g/mol. The molecule has 27 heavy (non-hydrogen) atoms. The third-order valence-electron chi connectivity index (χ3n) is 3.10. The number of nitriles is 1. The zero-order valence-corrected chi connectivity index (χ0v) is 18.3. The minimum absolute atomic E-state index is 0.145. The number of fused-ring (bicyclic) bond motifs is 1. The Balaban J connectivity index is 0.00000103. The third-order valence-corrected chi connectivity index (χ3v) is 3.10. The van der Waals surface area contributed by atoms with E-state index in [4.69, 9.17) is 5.26 Å². The molecule has 0 N–H and O–H groups in total. The predicted molar refractivity (Wildman–Crippen MR) is 112 cm³/mol. The molecule has 6 heteroatoms. The third kappa shape index (κ3) is 6.52. The van der Waals surface area contributed by atoms with Crippen LogP contribution in [0.3, 0.4) is 0 Å². The van der Waals surface area contributed by atoms with E-state index < -0.39 is 0 Å². The van der Waals surface area contributed by atoms with E-state index in [-0.39, 0.29) is 5.41 Å². The molecule has 0 unspecified atom stereocenters. The van der Waals surface area contributed by atoms with Crippen LogP contribution in [0.5, 0.6) is 0 Å². The van der Waals surface area contributed by atoms with Crippen molar-refractivity contribution in [2.24, 2.45) is 5.41 Å². The van der Waals surface area contributed by atoms with E-state index in [9.17, 15) is 0 Å². The number of hydrogen-bond donors (Lipinski definition) is 0. The zero-order chi connectivity index (χ0) is 21.0. The van der Waals surface area contributed by atoms with Crippen molar-refractivity contribution < 1.29 is 0 Å². The summed E-state index contributed by atoms with van der Waals surface area (Å²) in [6.07, 6.45) is 5.13. The predicted octanol–water partition coefficient (Wildman–Crippen LogP) is 5.59. The molecule has 0 spiro atoms. The molecule has 0 radical (unpaired) electrons. The van der Waals surface area contributed by atoms with Gasteiger partial charge in [0.25, 0.3) is 0 Å². The average Bonchev–Trinajstić information content (AvgIpc) is 3.31. The molecule has 0 bridgehead atoms. The Bertz CT molecular complexity index is 830. The second-order valence-corrected chi connectivity index (χ2v) is 6.21. The first-order valence-electron chi connectivity index (χ1n) is 9.73. The van der Waals surface area contributed by atoms with Gasteiger partial charge in [-0.25, -0.2) is 14.5 Å². The lowest BCUT2D eigenvalue weighted by atomic mass is 9.97. The molecular weight excluding hydrogens is 336 g/mol. The molecule has 0 aliphatic rings. The van der Waals surface area contributed by atoms with Crippen LogP contribution in [0.4, 0.5) is 0 Å². The van der Waals surface area contributed by atoms with Gasteiger partial charge < -0.3 is 4.57 Å². The molecule has 0 atom stereocenters. The Morgan fingerprint density at radius 3 is 2.19 bits per heavy atom. The molecule has 0 aromatic carbocycles. The van der Waals surface area contributed by atoms with Gasteiger partial charge in [-0.1, -0.05) is 62.3 Å². The lowest BCUT2D eigenvalue weighted by molar-refractivity contribution is 0.345. The Morgan fingerprint density at radius 1 is 1.00 bits per heavy atom. The topological polar surface area (TPSA) is 71.8 Å². The fourth-order valence-electron chi connectivity index (χ4n) is 2.26. The van der Waals surface area contributed by atoms with E-state index in [1.165, 1.54) is 6.20 Å². The summed E-state index contributed by atoms with van der Waals surface area (Å²) in [5, 5.41) is 13.6. The molecule has 0 saturated carbocycles. The van der Waals surface area contributed by atoms with Crippen molar-refractivity contribution in [1.29, 1.82) is 5.26 Å². The van der Waals surface area contributed by atoms with Gasteiger partial charge in [-0.3, -0.25) is 0 Å². The van der Waals surface area contributed by atoms with E-state index in [0.717, 1.165) is 17.9 Å². The van der Waals surface area contributed by atoms with Gasteiger partial charge in [0.1, 0.15) is 11.8 Å². The van der Waals surface area contributed by atoms with E-state index in [1.807, 2.05) is 60.0 Å². The summed E-state index contributed by atoms with van der Waals surface area (Å²) < 4.78 is 3.64. The second kappa shape index (κ2) is 11.8. The first-order chi connectivity index (χ1) is 13.0. The highest BCUT2D eigenvalue weighted by Crippen LogP contribution is 2.23. The van der Waals surface area contributed by atoms with Gasteiger partial charge in [-0.2, -0.15) is 10.4 Å². The molecule has 3 aromatic heterocycles. The summed E-state index contributed by atoms with van der Waals surface area (Å²) in [6.45, 7) is 19.4. The van der Waals surface area contributed by atoms with Gasteiger partial charge in [-0.15, -0.1) is 0 Å². The minimum atomic E-state index is 0.145. The lowest BCUT2D eigenvalue weighted by Gasteiger charge is -2.20. The van der Waals surface area contributed by atoms with Crippen molar-refractivity contribution in [3.05, 3.63) is 36.5 Å². The minimum Gasteiger partial charge on any atom is -0.329 e. The first-order valence-corrected chi connectivity index (χ1v) is 9.73. The summed E-state index contributed by atoms with van der Waals surface area (Å²) in [7, 11) is 0. The fraction of sp³-hybridized carbons (Fsp3) is 0.524. The molecule has 3 heterocycles. The summed E-state index contributed by atoms with van der Waals surface area (Å²) >= 11 is 0. The molecular formula is C21H34N6. The molecule has 0 aliphatic heterocycles. The van der Waals surface area contributed by atoms with Crippen LogP contribution in [0.2, 0.25) is 0 Å². The highest BCUT2D eigenvalue weighted by Gasteiger charge is 2.15. The molecule has 148 valence electrons. The van der Waals surface area contributed by atoms with E-state index in [0.29, 0.717) is 11.3 Å². The molecule has 3 aromatic rings. The van der Waals surface area contributed by atoms with Crippen LogP contribution in [-0.4, -0.2) is 24.1 Å². The smallest absolute Gasteiger partial charge is 0.162 e. The fourth-order valence-corrected chi connectivity index (χ4v) is 2.26. The number of hydrogen-bond acceptors (Lipinski definition) is 4. The van der Waals surface area contributed by atoms with Crippen molar-refractivity contribution in [2.75, 3.05) is 0 Å². The first kappa shape index (κ1) is 24.3. The maximum Gasteiger partial charge on any atom is 0.162 e. The van der Waals surface area contributed by atoms with Crippen molar-refractivity contribution in [3.8, 4) is 17.5 Å². The van der Waals surface area contributed by atoms with Crippen molar-refractivity contribution >= 4 is 5.65 Å². The number of imidazole rings is 2. The number of aromatic nitrogens is 5. The summed E-state index contributed by atoms with van der Waals surface area (Å²) in [4.78, 5) is 8.38. The highest BCUT2D eigenvalue weighted by molar-refractivity contribution is 5.56. The molecule has 0 amide bonds. The molecule has 3 rings (SSSR count).